The molecule has 0 amide bonds. The molecule has 0 aliphatic heterocycles. The van der Waals surface area contributed by atoms with Crippen molar-refractivity contribution >= 4 is 40.7 Å². The Morgan fingerprint density at radius 2 is 1.39 bits per heavy atom. The van der Waals surface area contributed by atoms with Crippen LogP contribution in [0.4, 0.5) is 5.88 Å². The van der Waals surface area contributed by atoms with Crippen LogP contribution in [0.25, 0.3) is 11.5 Å². The molecule has 28 heavy (non-hydrogen) atoms. The number of aromatic nitrogens is 1. The third-order valence-corrected chi connectivity index (χ3v) is 7.76. The van der Waals surface area contributed by atoms with Gasteiger partial charge in [0.05, 0.1) is 10.6 Å². The van der Waals surface area contributed by atoms with E-state index in [-0.39, 0.29) is 0 Å². The lowest BCUT2D eigenvalue weighted by atomic mass is 10.2. The minimum atomic E-state index is -3.26. The molecule has 1 N–H and O–H groups in total. The molecule has 0 atom stereocenters. The van der Waals surface area contributed by atoms with Crippen LogP contribution in [0.2, 0.25) is 5.02 Å². The molecule has 4 rings (SSSR count). The van der Waals surface area contributed by atoms with E-state index in [1.807, 2.05) is 78.9 Å². The normalized spacial score (nSPS) is 11.4. The zero-order valence-electron chi connectivity index (χ0n) is 15.2. The van der Waals surface area contributed by atoms with Crippen LogP contribution in [0.1, 0.15) is 0 Å². The molecule has 1 heterocycles. The van der Waals surface area contributed by atoms with Gasteiger partial charge in [-0.15, -0.1) is 0 Å². The van der Waals surface area contributed by atoms with E-state index in [1.165, 1.54) is 0 Å². The van der Waals surface area contributed by atoms with E-state index in [0.717, 1.165) is 0 Å². The quantitative estimate of drug-likeness (QED) is 0.487. The molecule has 0 saturated carbocycles. The summed E-state index contributed by atoms with van der Waals surface area (Å²) in [6.07, 6.45) is 0. The fourth-order valence-electron chi connectivity index (χ4n) is 3.11. The first-order valence-corrected chi connectivity index (χ1v) is 10.9. The lowest BCUT2D eigenvalue weighted by Crippen LogP contribution is -2.27. The number of hydrogen-bond acceptors (Lipinski definition) is 4. The standard InChI is InChI=1S/C22H18ClN2O2P/c1-24-21-22(25-20(27-21)18-14-8-9-15-19(18)23)28(26,16-10-4-2-5-11-16)17-12-6-3-7-13-17/h2-15,24H,1H3. The van der Waals surface area contributed by atoms with E-state index in [0.29, 0.717) is 38.4 Å². The van der Waals surface area contributed by atoms with Crippen molar-refractivity contribution in [2.75, 3.05) is 12.4 Å². The highest BCUT2D eigenvalue weighted by Crippen LogP contribution is 2.45. The molecule has 0 saturated heterocycles. The van der Waals surface area contributed by atoms with Gasteiger partial charge in [0.15, 0.2) is 12.6 Å². The monoisotopic (exact) mass is 408 g/mol. The molecule has 6 heteroatoms. The number of hydrogen-bond donors (Lipinski definition) is 1. The molecule has 0 aliphatic carbocycles. The van der Waals surface area contributed by atoms with Crippen molar-refractivity contribution in [3.8, 4) is 11.5 Å². The van der Waals surface area contributed by atoms with E-state index in [9.17, 15) is 4.57 Å². The molecule has 4 nitrogen and oxygen atoms in total. The number of oxazole rings is 1. The van der Waals surface area contributed by atoms with Crippen molar-refractivity contribution < 1.29 is 8.98 Å². The summed E-state index contributed by atoms with van der Waals surface area (Å²) in [5, 5.41) is 4.91. The predicted octanol–water partition coefficient (Wildman–Crippen LogP) is 4.68. The first-order valence-electron chi connectivity index (χ1n) is 8.80. The zero-order valence-corrected chi connectivity index (χ0v) is 16.8. The van der Waals surface area contributed by atoms with Crippen molar-refractivity contribution in [3.05, 3.63) is 90.0 Å². The van der Waals surface area contributed by atoms with Gasteiger partial charge < -0.3 is 14.3 Å². The minimum Gasteiger partial charge on any atom is -0.420 e. The Morgan fingerprint density at radius 1 is 0.857 bits per heavy atom. The second kappa shape index (κ2) is 7.67. The summed E-state index contributed by atoms with van der Waals surface area (Å²) in [5.74, 6) is 0.697. The van der Waals surface area contributed by atoms with Crippen LogP contribution in [0, 0.1) is 0 Å². The topological polar surface area (TPSA) is 55.1 Å². The Kier molecular flexibility index (Phi) is 5.08. The van der Waals surface area contributed by atoms with Gasteiger partial charge in [-0.05, 0) is 12.1 Å². The molecular formula is C22H18ClN2O2P. The molecule has 0 bridgehead atoms. The largest absolute Gasteiger partial charge is 0.420 e. The highest BCUT2D eigenvalue weighted by Gasteiger charge is 2.36. The number of benzene rings is 3. The Balaban J connectivity index is 1.98. The molecular weight excluding hydrogens is 391 g/mol. The smallest absolute Gasteiger partial charge is 0.231 e. The van der Waals surface area contributed by atoms with E-state index in [4.69, 9.17) is 16.0 Å². The van der Waals surface area contributed by atoms with Gasteiger partial charge in [-0.25, -0.2) is 4.98 Å². The molecule has 0 aliphatic rings. The Bertz CT molecular complexity index is 1100. The lowest BCUT2D eigenvalue weighted by Gasteiger charge is -2.17. The van der Waals surface area contributed by atoms with Crippen LogP contribution < -0.4 is 21.4 Å². The van der Waals surface area contributed by atoms with Gasteiger partial charge in [-0.1, -0.05) is 84.4 Å². The van der Waals surface area contributed by atoms with Gasteiger partial charge in [0.2, 0.25) is 11.8 Å². The van der Waals surface area contributed by atoms with E-state index in [2.05, 4.69) is 10.3 Å². The number of anilines is 1. The van der Waals surface area contributed by atoms with Crippen LogP contribution in [-0.4, -0.2) is 12.0 Å². The molecule has 0 fully saturated rings. The summed E-state index contributed by atoms with van der Waals surface area (Å²) in [7, 11) is -1.53. The van der Waals surface area contributed by atoms with Crippen LogP contribution in [0.5, 0.6) is 0 Å². The van der Waals surface area contributed by atoms with Crippen LogP contribution in [-0.2, 0) is 4.57 Å². The van der Waals surface area contributed by atoms with Crippen LogP contribution >= 0.6 is 18.7 Å². The Morgan fingerprint density at radius 3 is 1.93 bits per heavy atom. The molecule has 140 valence electrons. The van der Waals surface area contributed by atoms with E-state index in [1.54, 1.807) is 13.1 Å². The van der Waals surface area contributed by atoms with Gasteiger partial charge >= 0.3 is 0 Å². The maximum absolute atomic E-state index is 14.5. The number of nitrogens with one attached hydrogen (secondary N) is 1. The number of nitrogens with zero attached hydrogens (tertiary/aromatic N) is 1. The average Bonchev–Trinajstić information content (AvgIpc) is 3.19. The molecule has 3 aromatic carbocycles. The van der Waals surface area contributed by atoms with Crippen molar-refractivity contribution in [3.63, 3.8) is 0 Å². The third-order valence-electron chi connectivity index (χ3n) is 4.48. The second-order valence-corrected chi connectivity index (χ2v) is 9.26. The highest BCUT2D eigenvalue weighted by molar-refractivity contribution is 7.85. The fourth-order valence-corrected chi connectivity index (χ4v) is 5.97. The molecule has 1 aromatic heterocycles. The molecule has 0 spiro atoms. The van der Waals surface area contributed by atoms with Gasteiger partial charge in [0, 0.05) is 17.7 Å². The minimum absolute atomic E-state index is 0.331. The fraction of sp³-hybridized carbons (Fsp3) is 0.0455. The van der Waals surface area contributed by atoms with Crippen molar-refractivity contribution in [2.24, 2.45) is 0 Å². The zero-order chi connectivity index (χ0) is 19.6. The number of halogens is 1. The van der Waals surface area contributed by atoms with E-state index < -0.39 is 7.14 Å². The highest BCUT2D eigenvalue weighted by atomic mass is 35.5. The van der Waals surface area contributed by atoms with Crippen molar-refractivity contribution in [1.82, 2.24) is 4.98 Å². The molecule has 0 unspecified atom stereocenters. The predicted molar refractivity (Wildman–Crippen MR) is 116 cm³/mol. The Labute approximate surface area is 168 Å². The van der Waals surface area contributed by atoms with Crippen molar-refractivity contribution in [1.29, 1.82) is 0 Å². The van der Waals surface area contributed by atoms with Crippen LogP contribution in [0.15, 0.2) is 89.3 Å². The average molecular weight is 409 g/mol. The van der Waals surface area contributed by atoms with Crippen LogP contribution in [0.3, 0.4) is 0 Å². The molecule has 0 radical (unpaired) electrons. The van der Waals surface area contributed by atoms with Gasteiger partial charge in [-0.2, -0.15) is 0 Å². The summed E-state index contributed by atoms with van der Waals surface area (Å²) in [6, 6.07) is 26.0. The van der Waals surface area contributed by atoms with E-state index >= 15 is 0 Å². The maximum Gasteiger partial charge on any atom is 0.231 e. The van der Waals surface area contributed by atoms with Gasteiger partial charge in [-0.3, -0.25) is 0 Å². The number of rotatable bonds is 5. The van der Waals surface area contributed by atoms with Gasteiger partial charge in [0.25, 0.3) is 0 Å². The summed E-state index contributed by atoms with van der Waals surface area (Å²) >= 11 is 6.32. The Hall–Kier alpha value is -2.81. The lowest BCUT2D eigenvalue weighted by molar-refractivity contribution is 0.587. The first kappa shape index (κ1) is 18.5. The van der Waals surface area contributed by atoms with Crippen molar-refractivity contribution in [2.45, 2.75) is 0 Å². The summed E-state index contributed by atoms with van der Waals surface area (Å²) in [4.78, 5) is 4.66. The summed E-state index contributed by atoms with van der Waals surface area (Å²) in [6.45, 7) is 0. The first-order chi connectivity index (χ1) is 13.6. The summed E-state index contributed by atoms with van der Waals surface area (Å²) in [5.41, 5.74) is 1.03. The third kappa shape index (κ3) is 3.15. The van der Waals surface area contributed by atoms with Gasteiger partial charge in [0.1, 0.15) is 0 Å². The SMILES string of the molecule is CNc1oc(-c2ccccc2Cl)nc1P(=O)(c1ccccc1)c1ccccc1. The second-order valence-electron chi connectivity index (χ2n) is 6.18. The summed E-state index contributed by atoms with van der Waals surface area (Å²) < 4.78 is 20.5. The maximum atomic E-state index is 14.5. The molecule has 4 aromatic rings.